The van der Waals surface area contributed by atoms with Gasteiger partial charge in [-0.25, -0.2) is 0 Å². The van der Waals surface area contributed by atoms with Crippen molar-refractivity contribution in [1.29, 1.82) is 0 Å². The van der Waals surface area contributed by atoms with Crippen molar-refractivity contribution in [2.45, 2.75) is 46.3 Å². The minimum atomic E-state index is -0.147. The van der Waals surface area contributed by atoms with Crippen molar-refractivity contribution in [3.05, 3.63) is 57.9 Å². The van der Waals surface area contributed by atoms with Crippen molar-refractivity contribution < 1.29 is 4.79 Å². The second kappa shape index (κ2) is 10.3. The Hall–Kier alpha value is -2.11. The molecule has 0 spiro atoms. The van der Waals surface area contributed by atoms with Crippen LogP contribution in [0.25, 0.3) is 6.08 Å². The lowest BCUT2D eigenvalue weighted by atomic mass is 10.1. The van der Waals surface area contributed by atoms with Gasteiger partial charge in [-0.15, -0.1) is 0 Å². The zero-order valence-corrected chi connectivity index (χ0v) is 17.4. The van der Waals surface area contributed by atoms with Crippen molar-refractivity contribution in [3.63, 3.8) is 0 Å². The predicted octanol–water partition coefficient (Wildman–Crippen LogP) is 4.04. The molecule has 0 bridgehead atoms. The van der Waals surface area contributed by atoms with Crippen LogP contribution in [-0.2, 0) is 24.4 Å². The zero-order chi connectivity index (χ0) is 19.8. The Morgan fingerprint density at radius 2 is 2.00 bits per heavy atom. The van der Waals surface area contributed by atoms with Crippen LogP contribution >= 0.6 is 11.6 Å². The summed E-state index contributed by atoms with van der Waals surface area (Å²) < 4.78 is 1.80. The van der Waals surface area contributed by atoms with Crippen LogP contribution in [0.5, 0.6) is 0 Å². The molecule has 6 heteroatoms. The van der Waals surface area contributed by atoms with Gasteiger partial charge in [-0.2, -0.15) is 5.10 Å². The Morgan fingerprint density at radius 3 is 2.67 bits per heavy atom. The highest BCUT2D eigenvalue weighted by Gasteiger charge is 2.11. The lowest BCUT2D eigenvalue weighted by Crippen LogP contribution is -2.22. The third-order valence-corrected chi connectivity index (χ3v) is 4.69. The van der Waals surface area contributed by atoms with Crippen molar-refractivity contribution in [3.8, 4) is 0 Å². The van der Waals surface area contributed by atoms with E-state index in [0.717, 1.165) is 42.8 Å². The molecule has 2 aromatic rings. The molecule has 1 aromatic carbocycles. The number of hydrogen-bond donors (Lipinski definition) is 1. The molecule has 1 heterocycles. The van der Waals surface area contributed by atoms with Gasteiger partial charge in [0, 0.05) is 31.3 Å². The Labute approximate surface area is 167 Å². The molecular formula is C21H29ClN4O. The largest absolute Gasteiger partial charge is 0.348 e. The highest BCUT2D eigenvalue weighted by Crippen LogP contribution is 2.21. The smallest absolute Gasteiger partial charge is 0.244 e. The number of aryl methyl sites for hydroxylation is 2. The predicted molar refractivity (Wildman–Crippen MR) is 112 cm³/mol. The second-order valence-electron chi connectivity index (χ2n) is 6.92. The molecule has 1 aromatic heterocycles. The van der Waals surface area contributed by atoms with Crippen LogP contribution in [0.4, 0.5) is 0 Å². The molecule has 0 aliphatic rings. The van der Waals surface area contributed by atoms with E-state index in [1.807, 2.05) is 39.2 Å². The van der Waals surface area contributed by atoms with Crippen LogP contribution < -0.4 is 5.32 Å². The van der Waals surface area contributed by atoms with Gasteiger partial charge in [0.1, 0.15) is 5.15 Å². The van der Waals surface area contributed by atoms with Crippen LogP contribution in [0.15, 0.2) is 30.3 Å². The number of hydrogen-bond acceptors (Lipinski definition) is 3. The van der Waals surface area contributed by atoms with E-state index in [1.165, 1.54) is 11.6 Å². The summed E-state index contributed by atoms with van der Waals surface area (Å²) in [6, 6.07) is 8.14. The highest BCUT2D eigenvalue weighted by molar-refractivity contribution is 6.31. The monoisotopic (exact) mass is 388 g/mol. The first-order chi connectivity index (χ1) is 12.9. The minimum Gasteiger partial charge on any atom is -0.348 e. The average molecular weight is 389 g/mol. The first-order valence-electron chi connectivity index (χ1n) is 9.32. The van der Waals surface area contributed by atoms with E-state index >= 15 is 0 Å². The van der Waals surface area contributed by atoms with Gasteiger partial charge in [-0.05, 0) is 44.6 Å². The van der Waals surface area contributed by atoms with Gasteiger partial charge in [0.25, 0.3) is 0 Å². The molecule has 1 amide bonds. The number of halogens is 1. The van der Waals surface area contributed by atoms with Gasteiger partial charge in [0.15, 0.2) is 0 Å². The van der Waals surface area contributed by atoms with Crippen molar-refractivity contribution in [1.82, 2.24) is 20.0 Å². The number of aromatic nitrogens is 2. The molecule has 1 N–H and O–H groups in total. The average Bonchev–Trinajstić information content (AvgIpc) is 2.90. The quantitative estimate of drug-likeness (QED) is 0.659. The van der Waals surface area contributed by atoms with Gasteiger partial charge in [-0.1, -0.05) is 49.2 Å². The molecular weight excluding hydrogens is 360 g/mol. The fourth-order valence-corrected chi connectivity index (χ4v) is 3.16. The molecule has 0 aliphatic heterocycles. The normalized spacial score (nSPS) is 11.5. The lowest BCUT2D eigenvalue weighted by molar-refractivity contribution is -0.116. The fourth-order valence-electron chi connectivity index (χ4n) is 2.84. The van der Waals surface area contributed by atoms with Gasteiger partial charge in [0.2, 0.25) is 5.91 Å². The number of carbonyl (C=O) groups is 1. The van der Waals surface area contributed by atoms with E-state index < -0.39 is 0 Å². The van der Waals surface area contributed by atoms with Crippen LogP contribution in [0.3, 0.4) is 0 Å². The molecule has 0 fully saturated rings. The maximum absolute atomic E-state index is 12.2. The summed E-state index contributed by atoms with van der Waals surface area (Å²) in [4.78, 5) is 14.4. The van der Waals surface area contributed by atoms with Crippen LogP contribution in [0.2, 0.25) is 5.15 Å². The molecule has 0 saturated heterocycles. The van der Waals surface area contributed by atoms with E-state index in [-0.39, 0.29) is 5.91 Å². The Kier molecular flexibility index (Phi) is 8.07. The maximum Gasteiger partial charge on any atom is 0.244 e. The molecule has 0 atom stereocenters. The SMILES string of the molecule is CCCCn1nc(C)c(/C=C/C(=O)NCc2ccccc2CN(C)C)c1Cl. The number of amides is 1. The fraction of sp³-hybridized carbons (Fsp3) is 0.429. The minimum absolute atomic E-state index is 0.147. The number of nitrogens with one attached hydrogen (secondary N) is 1. The number of nitrogens with zero attached hydrogens (tertiary/aromatic N) is 3. The van der Waals surface area contributed by atoms with Crippen LogP contribution in [0.1, 0.15) is 42.1 Å². The summed E-state index contributed by atoms with van der Waals surface area (Å²) in [7, 11) is 4.07. The second-order valence-corrected chi connectivity index (χ2v) is 7.28. The molecule has 0 aliphatic carbocycles. The van der Waals surface area contributed by atoms with Gasteiger partial charge in [0.05, 0.1) is 5.69 Å². The number of carbonyl (C=O) groups excluding carboxylic acids is 1. The molecule has 146 valence electrons. The number of rotatable bonds is 9. The highest BCUT2D eigenvalue weighted by atomic mass is 35.5. The van der Waals surface area contributed by atoms with E-state index in [1.54, 1.807) is 10.8 Å². The first-order valence-corrected chi connectivity index (χ1v) is 9.70. The molecule has 0 radical (unpaired) electrons. The zero-order valence-electron chi connectivity index (χ0n) is 16.6. The molecule has 2 rings (SSSR count). The van der Waals surface area contributed by atoms with Gasteiger partial charge in [-0.3, -0.25) is 9.48 Å². The summed E-state index contributed by atoms with van der Waals surface area (Å²) in [5, 5.41) is 7.99. The van der Waals surface area contributed by atoms with Gasteiger partial charge < -0.3 is 10.2 Å². The molecule has 0 saturated carbocycles. The Balaban J connectivity index is 2.00. The summed E-state index contributed by atoms with van der Waals surface area (Å²) in [6.45, 7) is 6.16. The molecule has 5 nitrogen and oxygen atoms in total. The van der Waals surface area contributed by atoms with E-state index in [4.69, 9.17) is 11.6 Å². The van der Waals surface area contributed by atoms with Crippen molar-refractivity contribution >= 4 is 23.6 Å². The van der Waals surface area contributed by atoms with Crippen LogP contribution in [0, 0.1) is 6.92 Å². The van der Waals surface area contributed by atoms with E-state index in [2.05, 4.69) is 28.3 Å². The summed E-state index contributed by atoms with van der Waals surface area (Å²) in [6.07, 6.45) is 5.37. The Morgan fingerprint density at radius 1 is 1.30 bits per heavy atom. The first kappa shape index (κ1) is 21.2. The van der Waals surface area contributed by atoms with E-state index in [9.17, 15) is 4.79 Å². The van der Waals surface area contributed by atoms with E-state index in [0.29, 0.717) is 11.7 Å². The summed E-state index contributed by atoms with van der Waals surface area (Å²) >= 11 is 6.40. The lowest BCUT2D eigenvalue weighted by Gasteiger charge is -2.14. The molecule has 27 heavy (non-hydrogen) atoms. The summed E-state index contributed by atoms with van der Waals surface area (Å²) in [5.41, 5.74) is 3.96. The third kappa shape index (κ3) is 6.22. The van der Waals surface area contributed by atoms with Crippen molar-refractivity contribution in [2.24, 2.45) is 0 Å². The van der Waals surface area contributed by atoms with Gasteiger partial charge >= 0.3 is 0 Å². The van der Waals surface area contributed by atoms with Crippen LogP contribution in [-0.4, -0.2) is 34.7 Å². The molecule has 0 unspecified atom stereocenters. The number of benzene rings is 1. The maximum atomic E-state index is 12.2. The van der Waals surface area contributed by atoms with Crippen molar-refractivity contribution in [2.75, 3.05) is 14.1 Å². The summed E-state index contributed by atoms with van der Waals surface area (Å²) in [5.74, 6) is -0.147. The topological polar surface area (TPSA) is 50.2 Å². The Bertz CT molecular complexity index is 795. The third-order valence-electron chi connectivity index (χ3n) is 4.29. The number of unbranched alkanes of at least 4 members (excludes halogenated alkanes) is 1. The standard InChI is InChI=1S/C21H29ClN4O/c1-5-6-13-26-21(22)19(16(2)24-26)11-12-20(27)23-14-17-9-7-8-10-18(17)15-25(3)4/h7-12H,5-6,13-15H2,1-4H3,(H,23,27)/b12-11+.